The van der Waals surface area contributed by atoms with Crippen LogP contribution in [0, 0.1) is 11.2 Å². The molecule has 2 aromatic heterocycles. The summed E-state index contributed by atoms with van der Waals surface area (Å²) in [4.78, 5) is 35.3. The number of hydrogen-bond acceptors (Lipinski definition) is 6. The first-order valence-electron chi connectivity index (χ1n) is 13.5. The number of H-pyrrole nitrogens is 1. The van der Waals surface area contributed by atoms with Crippen molar-refractivity contribution in [3.63, 3.8) is 0 Å². The van der Waals surface area contributed by atoms with Gasteiger partial charge in [0.2, 0.25) is 11.4 Å². The fourth-order valence-electron chi connectivity index (χ4n) is 4.78. The van der Waals surface area contributed by atoms with Crippen molar-refractivity contribution < 1.29 is 27.1 Å². The monoisotopic (exact) mass is 589 g/mol. The van der Waals surface area contributed by atoms with Crippen molar-refractivity contribution in [3.05, 3.63) is 70.0 Å². The molecule has 2 N–H and O–H groups in total. The molecule has 3 heterocycles. The average molecular weight is 590 g/mol. The van der Waals surface area contributed by atoms with E-state index >= 15 is 4.39 Å². The number of aromatic nitrogens is 2. The van der Waals surface area contributed by atoms with Gasteiger partial charge in [-0.2, -0.15) is 13.2 Å². The van der Waals surface area contributed by atoms with Crippen LogP contribution in [0.5, 0.6) is 5.88 Å². The molecular formula is C30H35F4N5O3. The Morgan fingerprint density at radius 3 is 2.40 bits per heavy atom. The van der Waals surface area contributed by atoms with E-state index in [2.05, 4.69) is 20.2 Å². The minimum absolute atomic E-state index is 0.0822. The van der Waals surface area contributed by atoms with Crippen molar-refractivity contribution in [2.75, 3.05) is 37.0 Å². The largest absolute Gasteiger partial charge is 0.477 e. The van der Waals surface area contributed by atoms with E-state index in [1.165, 1.54) is 18.3 Å². The molecular weight excluding hydrogens is 554 g/mol. The molecule has 1 aromatic carbocycles. The fourth-order valence-corrected chi connectivity index (χ4v) is 4.78. The number of halogens is 4. The summed E-state index contributed by atoms with van der Waals surface area (Å²) in [6, 6.07) is 6.33. The Hall–Kier alpha value is -3.93. The second-order valence-corrected chi connectivity index (χ2v) is 11.9. The van der Waals surface area contributed by atoms with Crippen molar-refractivity contribution >= 4 is 17.3 Å². The molecule has 2 atom stereocenters. The van der Waals surface area contributed by atoms with Gasteiger partial charge in [0.15, 0.2) is 0 Å². The Kier molecular flexibility index (Phi) is 8.68. The predicted molar refractivity (Wildman–Crippen MR) is 153 cm³/mol. The lowest BCUT2D eigenvalue weighted by Gasteiger charge is -2.44. The van der Waals surface area contributed by atoms with Gasteiger partial charge >= 0.3 is 6.18 Å². The molecule has 42 heavy (non-hydrogen) atoms. The number of carbonyl (C=O) groups is 1. The third kappa shape index (κ3) is 7.10. The molecule has 2 unspecified atom stereocenters. The summed E-state index contributed by atoms with van der Waals surface area (Å²) in [7, 11) is 1.98. The lowest BCUT2D eigenvalue weighted by atomic mass is 9.99. The molecule has 4 rings (SSSR count). The minimum atomic E-state index is -4.94. The number of nitrogens with zero attached hydrogens (tertiary/aromatic N) is 3. The van der Waals surface area contributed by atoms with E-state index in [0.717, 1.165) is 6.20 Å². The highest BCUT2D eigenvalue weighted by molar-refractivity contribution is 6.07. The van der Waals surface area contributed by atoms with E-state index in [1.807, 2.05) is 46.6 Å². The molecule has 0 radical (unpaired) electrons. The molecule has 8 nitrogen and oxygen atoms in total. The second-order valence-electron chi connectivity index (χ2n) is 11.9. The van der Waals surface area contributed by atoms with Gasteiger partial charge < -0.3 is 19.9 Å². The number of aromatic amines is 1. The zero-order chi connectivity index (χ0) is 31.0. The maximum absolute atomic E-state index is 15.8. The highest BCUT2D eigenvalue weighted by atomic mass is 19.4. The minimum Gasteiger partial charge on any atom is -0.477 e. The number of ether oxygens (including phenoxy) is 1. The van der Waals surface area contributed by atoms with Gasteiger partial charge in [-0.15, -0.1) is 0 Å². The van der Waals surface area contributed by atoms with Crippen LogP contribution < -0.4 is 20.5 Å². The number of nitrogens with one attached hydrogen (secondary N) is 2. The van der Waals surface area contributed by atoms with Crippen LogP contribution in [-0.2, 0) is 6.18 Å². The molecule has 226 valence electrons. The standard InChI is InChI=1S/C30H35F4N5O3/c1-17-14-39(15-18(2)38(17)6)25-12-23(31)20(19-7-8-35-27(9-19)42-16-29(3,4)5)10-24(25)37-28(41)21-13-36-26(40)11-22(21)30(32,33)34/h7-13,17-18H,14-16H2,1-6H3,(H,36,40)(H,37,41). The van der Waals surface area contributed by atoms with E-state index in [9.17, 15) is 22.8 Å². The summed E-state index contributed by atoms with van der Waals surface area (Å²) in [5.74, 6) is -1.41. The number of hydrogen-bond donors (Lipinski definition) is 2. The number of likely N-dealkylation sites (N-methyl/N-ethyl adjacent to an activating group) is 1. The first-order chi connectivity index (χ1) is 19.5. The van der Waals surface area contributed by atoms with Gasteiger partial charge in [-0.1, -0.05) is 20.8 Å². The number of rotatable bonds is 6. The number of benzene rings is 1. The Bertz CT molecular complexity index is 1500. The van der Waals surface area contributed by atoms with Crippen LogP contribution in [-0.4, -0.2) is 59.6 Å². The van der Waals surface area contributed by atoms with Crippen molar-refractivity contribution in [2.24, 2.45) is 5.41 Å². The van der Waals surface area contributed by atoms with E-state index < -0.39 is 34.6 Å². The molecule has 12 heteroatoms. The quantitative estimate of drug-likeness (QED) is 0.353. The Balaban J connectivity index is 1.79. The van der Waals surface area contributed by atoms with E-state index in [1.54, 1.807) is 12.1 Å². The predicted octanol–water partition coefficient (Wildman–Crippen LogP) is 5.80. The number of carbonyl (C=O) groups excluding carboxylic acids is 1. The lowest BCUT2D eigenvalue weighted by Crippen LogP contribution is -2.55. The van der Waals surface area contributed by atoms with Crippen LogP contribution in [0.25, 0.3) is 11.1 Å². The van der Waals surface area contributed by atoms with Crippen LogP contribution in [0.4, 0.5) is 28.9 Å². The molecule has 1 aliphatic heterocycles. The summed E-state index contributed by atoms with van der Waals surface area (Å²) in [6.07, 6.45) is -2.74. The third-order valence-electron chi connectivity index (χ3n) is 7.21. The van der Waals surface area contributed by atoms with Gasteiger partial charge in [-0.25, -0.2) is 9.37 Å². The van der Waals surface area contributed by atoms with Crippen LogP contribution in [0.1, 0.15) is 50.5 Å². The number of anilines is 2. The molecule has 1 fully saturated rings. The molecule has 1 aliphatic rings. The number of alkyl halides is 3. The van der Waals surface area contributed by atoms with Crippen LogP contribution >= 0.6 is 0 Å². The maximum Gasteiger partial charge on any atom is 0.417 e. The van der Waals surface area contributed by atoms with Crippen molar-refractivity contribution in [2.45, 2.75) is 52.9 Å². The number of piperazine rings is 1. The number of amides is 1. The van der Waals surface area contributed by atoms with Crippen LogP contribution in [0.2, 0.25) is 0 Å². The highest BCUT2D eigenvalue weighted by Crippen LogP contribution is 2.38. The van der Waals surface area contributed by atoms with Gasteiger partial charge in [-0.05, 0) is 50.1 Å². The summed E-state index contributed by atoms with van der Waals surface area (Å²) in [5.41, 5.74) is -2.31. The zero-order valence-electron chi connectivity index (χ0n) is 24.4. The van der Waals surface area contributed by atoms with Crippen molar-refractivity contribution in [1.82, 2.24) is 14.9 Å². The van der Waals surface area contributed by atoms with Gasteiger partial charge in [0.1, 0.15) is 5.82 Å². The summed E-state index contributed by atoms with van der Waals surface area (Å²) >= 11 is 0. The van der Waals surface area contributed by atoms with Crippen LogP contribution in [0.15, 0.2) is 47.5 Å². The van der Waals surface area contributed by atoms with Gasteiger partial charge in [0, 0.05) is 55.3 Å². The first-order valence-corrected chi connectivity index (χ1v) is 13.5. The van der Waals surface area contributed by atoms with Crippen molar-refractivity contribution in [3.8, 4) is 17.0 Å². The topological polar surface area (TPSA) is 90.6 Å². The molecule has 1 amide bonds. The Morgan fingerprint density at radius 1 is 1.12 bits per heavy atom. The molecule has 1 saturated heterocycles. The second kappa shape index (κ2) is 11.7. The molecule has 0 bridgehead atoms. The summed E-state index contributed by atoms with van der Waals surface area (Å²) < 4.78 is 62.7. The van der Waals surface area contributed by atoms with Crippen LogP contribution in [0.3, 0.4) is 0 Å². The van der Waals surface area contributed by atoms with E-state index in [4.69, 9.17) is 4.74 Å². The normalized spacial score (nSPS) is 18.2. The summed E-state index contributed by atoms with van der Waals surface area (Å²) in [5, 5.41) is 2.56. The zero-order valence-corrected chi connectivity index (χ0v) is 24.4. The Morgan fingerprint density at radius 2 is 1.79 bits per heavy atom. The molecule has 3 aromatic rings. The summed E-state index contributed by atoms with van der Waals surface area (Å²) in [6.45, 7) is 11.4. The highest BCUT2D eigenvalue weighted by Gasteiger charge is 2.36. The maximum atomic E-state index is 15.8. The van der Waals surface area contributed by atoms with Gasteiger partial charge in [0.25, 0.3) is 5.91 Å². The average Bonchev–Trinajstić information content (AvgIpc) is 2.90. The van der Waals surface area contributed by atoms with Gasteiger partial charge in [0.05, 0.1) is 29.1 Å². The Labute approximate surface area is 241 Å². The SMILES string of the molecule is CC1CN(c2cc(F)c(-c3ccnc(OCC(C)(C)C)c3)cc2NC(=O)c2c[nH]c(=O)cc2C(F)(F)F)CC(C)N1C. The van der Waals surface area contributed by atoms with Gasteiger partial charge in [-0.3, -0.25) is 14.5 Å². The van der Waals surface area contributed by atoms with Crippen molar-refractivity contribution in [1.29, 1.82) is 0 Å². The smallest absolute Gasteiger partial charge is 0.417 e. The molecule has 0 spiro atoms. The lowest BCUT2D eigenvalue weighted by molar-refractivity contribution is -0.138. The fraction of sp³-hybridized carbons (Fsp3) is 0.433. The van der Waals surface area contributed by atoms with E-state index in [-0.39, 0.29) is 34.6 Å². The molecule has 0 aliphatic carbocycles. The van der Waals surface area contributed by atoms with E-state index in [0.29, 0.717) is 37.0 Å². The molecule has 0 saturated carbocycles. The number of pyridine rings is 2. The first kappa shape index (κ1) is 31.0. The third-order valence-corrected chi connectivity index (χ3v) is 7.21.